The Kier molecular flexibility index (Phi) is 2.95. The van der Waals surface area contributed by atoms with Crippen molar-refractivity contribution in [2.45, 2.75) is 6.42 Å². The summed E-state index contributed by atoms with van der Waals surface area (Å²) in [4.78, 5) is 22.1. The molecule has 3 heterocycles. The molecule has 0 radical (unpaired) electrons. The van der Waals surface area contributed by atoms with Gasteiger partial charge in [0.15, 0.2) is 0 Å². The highest BCUT2D eigenvalue weighted by Gasteiger charge is 2.28. The first-order chi connectivity index (χ1) is 8.65. The fourth-order valence-electron chi connectivity index (χ4n) is 2.12. The molecule has 0 unspecified atom stereocenters. The molecule has 0 saturated carbocycles. The number of carbonyl (C=O) groups excluding carboxylic acids is 1. The van der Waals surface area contributed by atoms with Crippen molar-refractivity contribution in [1.82, 2.24) is 9.97 Å². The van der Waals surface area contributed by atoms with Gasteiger partial charge in [-0.15, -0.1) is 11.3 Å². The van der Waals surface area contributed by atoms with E-state index in [1.54, 1.807) is 11.3 Å². The van der Waals surface area contributed by atoms with Crippen LogP contribution in [0.1, 0.15) is 6.42 Å². The number of amides is 1. The fraction of sp³-hybridized carbons (Fsp3) is 0.364. The van der Waals surface area contributed by atoms with Crippen LogP contribution in [0.5, 0.6) is 0 Å². The number of halogens is 1. The lowest BCUT2D eigenvalue weighted by molar-refractivity contribution is -0.121. The maximum absolute atomic E-state index is 11.2. The smallest absolute Gasteiger partial charge is 0.225 e. The summed E-state index contributed by atoms with van der Waals surface area (Å²) in [6, 6.07) is 0. The lowest BCUT2D eigenvalue weighted by Crippen LogP contribution is -2.28. The number of hydrogen-bond donors (Lipinski definition) is 1. The summed E-state index contributed by atoms with van der Waals surface area (Å²) in [5.41, 5.74) is 6.25. The summed E-state index contributed by atoms with van der Waals surface area (Å²) >= 11 is 5.08. The number of nitrogens with two attached hydrogens (primary N) is 1. The van der Waals surface area contributed by atoms with E-state index in [-0.39, 0.29) is 11.8 Å². The highest BCUT2D eigenvalue weighted by atomic mass is 79.9. The van der Waals surface area contributed by atoms with Crippen LogP contribution in [-0.4, -0.2) is 29.0 Å². The predicted octanol–water partition coefficient (Wildman–Crippen LogP) is 1.77. The van der Waals surface area contributed by atoms with Crippen LogP contribution in [0.4, 0.5) is 5.95 Å². The Bertz CT molecular complexity index is 614. The minimum Gasteiger partial charge on any atom is -0.369 e. The van der Waals surface area contributed by atoms with E-state index >= 15 is 0 Å². The van der Waals surface area contributed by atoms with Crippen LogP contribution in [0.25, 0.3) is 10.2 Å². The van der Waals surface area contributed by atoms with Crippen LogP contribution < -0.4 is 10.6 Å². The minimum atomic E-state index is -0.240. The van der Waals surface area contributed by atoms with Crippen molar-refractivity contribution < 1.29 is 4.79 Å². The molecule has 0 bridgehead atoms. The molecular formula is C11H11BrN4OS. The normalized spacial score (nSPS) is 19.6. The minimum absolute atomic E-state index is 0.0878. The van der Waals surface area contributed by atoms with Crippen LogP contribution >= 0.6 is 27.3 Å². The van der Waals surface area contributed by atoms with Gasteiger partial charge in [-0.05, 0) is 22.4 Å². The standard InChI is InChI=1S/C11H11BrN4OS/c12-7-5-18-8-3-14-11(15-9(7)8)16-2-1-6(4-16)10(13)17/h3,5-6H,1-2,4H2,(H2,13,17)/t6-/m1/s1. The van der Waals surface area contributed by atoms with E-state index in [4.69, 9.17) is 5.73 Å². The molecule has 5 nitrogen and oxygen atoms in total. The molecule has 94 valence electrons. The molecule has 1 saturated heterocycles. The number of carbonyl (C=O) groups is 1. The van der Waals surface area contributed by atoms with Crippen molar-refractivity contribution in [3.63, 3.8) is 0 Å². The average Bonchev–Trinajstić information content (AvgIpc) is 2.96. The molecule has 1 aliphatic rings. The SMILES string of the molecule is NC(=O)[C@@H]1CCN(c2ncc3scc(Br)c3n2)C1. The molecule has 1 aliphatic heterocycles. The summed E-state index contributed by atoms with van der Waals surface area (Å²) in [5.74, 6) is 0.343. The van der Waals surface area contributed by atoms with E-state index in [0.29, 0.717) is 12.5 Å². The van der Waals surface area contributed by atoms with E-state index in [1.807, 2.05) is 16.5 Å². The van der Waals surface area contributed by atoms with Crippen molar-refractivity contribution in [2.75, 3.05) is 18.0 Å². The third kappa shape index (κ3) is 1.97. The number of thiophene rings is 1. The number of rotatable bonds is 2. The predicted molar refractivity (Wildman–Crippen MR) is 74.6 cm³/mol. The molecule has 7 heteroatoms. The number of hydrogen-bond acceptors (Lipinski definition) is 5. The van der Waals surface area contributed by atoms with Gasteiger partial charge in [0.1, 0.15) is 5.52 Å². The Balaban J connectivity index is 1.91. The number of primary amides is 1. The highest BCUT2D eigenvalue weighted by molar-refractivity contribution is 9.10. The maximum Gasteiger partial charge on any atom is 0.225 e. The van der Waals surface area contributed by atoms with Gasteiger partial charge < -0.3 is 10.6 Å². The van der Waals surface area contributed by atoms with Crippen LogP contribution in [0.2, 0.25) is 0 Å². The van der Waals surface area contributed by atoms with Gasteiger partial charge >= 0.3 is 0 Å². The Morgan fingerprint density at radius 1 is 1.61 bits per heavy atom. The molecule has 2 aromatic rings. The summed E-state index contributed by atoms with van der Waals surface area (Å²) in [6.45, 7) is 1.39. The third-order valence-corrected chi connectivity index (χ3v) is 4.95. The van der Waals surface area contributed by atoms with Gasteiger partial charge in [0.25, 0.3) is 0 Å². The highest BCUT2D eigenvalue weighted by Crippen LogP contribution is 2.30. The molecule has 1 fully saturated rings. The zero-order valence-electron chi connectivity index (χ0n) is 9.47. The summed E-state index contributed by atoms with van der Waals surface area (Å²) in [5, 5.41) is 2.00. The van der Waals surface area contributed by atoms with Crippen molar-refractivity contribution in [3.8, 4) is 0 Å². The molecule has 0 aromatic carbocycles. The summed E-state index contributed by atoms with van der Waals surface area (Å²) in [7, 11) is 0. The zero-order valence-corrected chi connectivity index (χ0v) is 11.9. The third-order valence-electron chi connectivity index (χ3n) is 3.13. The van der Waals surface area contributed by atoms with E-state index in [2.05, 4.69) is 25.9 Å². The second-order valence-electron chi connectivity index (χ2n) is 4.30. The Morgan fingerprint density at radius 2 is 2.44 bits per heavy atom. The largest absolute Gasteiger partial charge is 0.369 e. The van der Waals surface area contributed by atoms with Crippen molar-refractivity contribution >= 4 is 49.3 Å². The van der Waals surface area contributed by atoms with Crippen molar-refractivity contribution in [3.05, 3.63) is 16.0 Å². The maximum atomic E-state index is 11.2. The van der Waals surface area contributed by atoms with E-state index < -0.39 is 0 Å². The Hall–Kier alpha value is -1.21. The Morgan fingerprint density at radius 3 is 3.17 bits per heavy atom. The molecule has 0 aliphatic carbocycles. The van der Waals surface area contributed by atoms with Gasteiger partial charge in [-0.3, -0.25) is 4.79 Å². The second-order valence-corrected chi connectivity index (χ2v) is 6.07. The molecule has 1 atom stereocenters. The first-order valence-corrected chi connectivity index (χ1v) is 7.26. The van der Waals surface area contributed by atoms with Gasteiger partial charge in [-0.25, -0.2) is 9.97 Å². The van der Waals surface area contributed by atoms with Crippen LogP contribution in [0.3, 0.4) is 0 Å². The number of fused-ring (bicyclic) bond motifs is 1. The number of aromatic nitrogens is 2. The quantitative estimate of drug-likeness (QED) is 0.912. The molecule has 3 rings (SSSR count). The summed E-state index contributed by atoms with van der Waals surface area (Å²) in [6.07, 6.45) is 2.60. The molecular weight excluding hydrogens is 316 g/mol. The fourth-order valence-corrected chi connectivity index (χ4v) is 3.55. The van der Waals surface area contributed by atoms with Gasteiger partial charge in [0.2, 0.25) is 11.9 Å². The van der Waals surface area contributed by atoms with Gasteiger partial charge in [-0.2, -0.15) is 0 Å². The molecule has 0 spiro atoms. The Labute approximate surface area is 116 Å². The average molecular weight is 327 g/mol. The van der Waals surface area contributed by atoms with Gasteiger partial charge in [0, 0.05) is 18.5 Å². The van der Waals surface area contributed by atoms with E-state index in [9.17, 15) is 4.79 Å². The first-order valence-electron chi connectivity index (χ1n) is 5.59. The van der Waals surface area contributed by atoms with E-state index in [1.165, 1.54) is 0 Å². The van der Waals surface area contributed by atoms with Crippen LogP contribution in [0.15, 0.2) is 16.0 Å². The lowest BCUT2D eigenvalue weighted by atomic mass is 10.1. The van der Waals surface area contributed by atoms with Crippen LogP contribution in [0, 0.1) is 5.92 Å². The topological polar surface area (TPSA) is 72.1 Å². The monoisotopic (exact) mass is 326 g/mol. The van der Waals surface area contributed by atoms with Crippen molar-refractivity contribution in [2.24, 2.45) is 11.7 Å². The number of anilines is 1. The molecule has 1 amide bonds. The van der Waals surface area contributed by atoms with Crippen molar-refractivity contribution in [1.29, 1.82) is 0 Å². The van der Waals surface area contributed by atoms with Crippen LogP contribution in [-0.2, 0) is 4.79 Å². The van der Waals surface area contributed by atoms with E-state index in [0.717, 1.165) is 27.7 Å². The molecule has 2 N–H and O–H groups in total. The zero-order chi connectivity index (χ0) is 12.7. The summed E-state index contributed by atoms with van der Waals surface area (Å²) < 4.78 is 2.04. The first kappa shape index (κ1) is 11.9. The molecule has 2 aromatic heterocycles. The van der Waals surface area contributed by atoms with Gasteiger partial charge in [0.05, 0.1) is 21.3 Å². The number of nitrogens with zero attached hydrogens (tertiary/aromatic N) is 3. The lowest BCUT2D eigenvalue weighted by Gasteiger charge is -2.15. The second kappa shape index (κ2) is 4.47. The van der Waals surface area contributed by atoms with Gasteiger partial charge in [-0.1, -0.05) is 0 Å². The molecule has 18 heavy (non-hydrogen) atoms.